The number of carboxylic acid groups (broad SMARTS) is 1. The quantitative estimate of drug-likeness (QED) is 0.712. The largest absolute Gasteiger partial charge is 0.480 e. The lowest BCUT2D eigenvalue weighted by Gasteiger charge is -2.31. The molecular formula is C19H20Cl2N2O3. The molecule has 2 rings (SSSR count). The molecule has 1 atom stereocenters. The summed E-state index contributed by atoms with van der Waals surface area (Å²) in [4.78, 5) is 25.9. The molecule has 0 saturated carbocycles. The van der Waals surface area contributed by atoms with E-state index in [-0.39, 0.29) is 12.5 Å². The zero-order valence-corrected chi connectivity index (χ0v) is 16.0. The molecule has 0 unspecified atom stereocenters. The SMILES string of the molecule is CC(C)[C@@H](C(=O)O)N(Cc1ccccc1)C(=O)Nc1ccc(Cl)c(Cl)c1. The number of hydrogen-bond donors (Lipinski definition) is 2. The second kappa shape index (κ2) is 8.92. The highest BCUT2D eigenvalue weighted by Crippen LogP contribution is 2.26. The smallest absolute Gasteiger partial charge is 0.326 e. The van der Waals surface area contributed by atoms with Crippen LogP contribution < -0.4 is 5.32 Å². The van der Waals surface area contributed by atoms with Crippen molar-refractivity contribution in [1.29, 1.82) is 0 Å². The summed E-state index contributed by atoms with van der Waals surface area (Å²) in [6.07, 6.45) is 0. The van der Waals surface area contributed by atoms with Crippen LogP contribution in [0, 0.1) is 5.92 Å². The summed E-state index contributed by atoms with van der Waals surface area (Å²) in [5.41, 5.74) is 1.28. The van der Waals surface area contributed by atoms with Crippen LogP contribution in [-0.4, -0.2) is 28.0 Å². The summed E-state index contributed by atoms with van der Waals surface area (Å²) in [7, 11) is 0. The fraction of sp³-hybridized carbons (Fsp3) is 0.263. The van der Waals surface area contributed by atoms with E-state index in [1.165, 1.54) is 11.0 Å². The Morgan fingerprint density at radius 2 is 1.73 bits per heavy atom. The number of aliphatic carboxylic acids is 1. The van der Waals surface area contributed by atoms with E-state index >= 15 is 0 Å². The molecular weight excluding hydrogens is 375 g/mol. The van der Waals surface area contributed by atoms with Gasteiger partial charge in [0.15, 0.2) is 0 Å². The first-order valence-electron chi connectivity index (χ1n) is 8.09. The van der Waals surface area contributed by atoms with Gasteiger partial charge in [0.2, 0.25) is 0 Å². The molecule has 0 aliphatic heterocycles. The van der Waals surface area contributed by atoms with Crippen LogP contribution in [0.3, 0.4) is 0 Å². The Kier molecular flexibility index (Phi) is 6.89. The summed E-state index contributed by atoms with van der Waals surface area (Å²) >= 11 is 11.9. The third-order valence-electron chi connectivity index (χ3n) is 3.85. The molecule has 5 nitrogen and oxygen atoms in total. The van der Waals surface area contributed by atoms with E-state index in [1.807, 2.05) is 30.3 Å². The van der Waals surface area contributed by atoms with Gasteiger partial charge in [-0.15, -0.1) is 0 Å². The maximum atomic E-state index is 12.8. The number of carboxylic acids is 1. The van der Waals surface area contributed by atoms with Gasteiger partial charge in [-0.25, -0.2) is 9.59 Å². The zero-order valence-electron chi connectivity index (χ0n) is 14.4. The third kappa shape index (κ3) is 5.13. The molecule has 138 valence electrons. The lowest BCUT2D eigenvalue weighted by Crippen LogP contribution is -2.49. The number of hydrogen-bond acceptors (Lipinski definition) is 2. The Morgan fingerprint density at radius 3 is 2.27 bits per heavy atom. The number of benzene rings is 2. The van der Waals surface area contributed by atoms with Crippen LogP contribution in [0.5, 0.6) is 0 Å². The van der Waals surface area contributed by atoms with Crippen molar-refractivity contribution < 1.29 is 14.7 Å². The summed E-state index contributed by atoms with van der Waals surface area (Å²) in [6, 6.07) is 12.4. The molecule has 0 aliphatic carbocycles. The minimum Gasteiger partial charge on any atom is -0.480 e. The summed E-state index contributed by atoms with van der Waals surface area (Å²) in [5, 5.41) is 13.0. The van der Waals surface area contributed by atoms with Crippen molar-refractivity contribution in [2.75, 3.05) is 5.32 Å². The van der Waals surface area contributed by atoms with Crippen molar-refractivity contribution in [2.24, 2.45) is 5.92 Å². The van der Waals surface area contributed by atoms with Crippen LogP contribution in [-0.2, 0) is 11.3 Å². The van der Waals surface area contributed by atoms with Crippen molar-refractivity contribution in [3.63, 3.8) is 0 Å². The first-order valence-corrected chi connectivity index (χ1v) is 8.84. The van der Waals surface area contributed by atoms with E-state index in [2.05, 4.69) is 5.32 Å². The fourth-order valence-corrected chi connectivity index (χ4v) is 2.92. The molecule has 2 amide bonds. The van der Waals surface area contributed by atoms with E-state index in [1.54, 1.807) is 26.0 Å². The minimum absolute atomic E-state index is 0.170. The second-order valence-corrected chi connectivity index (χ2v) is 7.01. The average Bonchev–Trinajstić information content (AvgIpc) is 2.58. The van der Waals surface area contributed by atoms with Crippen molar-refractivity contribution in [3.8, 4) is 0 Å². The Bertz CT molecular complexity index is 782. The van der Waals surface area contributed by atoms with Crippen LogP contribution in [0.25, 0.3) is 0 Å². The van der Waals surface area contributed by atoms with E-state index in [0.717, 1.165) is 5.56 Å². The first-order chi connectivity index (χ1) is 12.3. The Hall–Kier alpha value is -2.24. The van der Waals surface area contributed by atoms with Crippen LogP contribution in [0.2, 0.25) is 10.0 Å². The van der Waals surface area contributed by atoms with Gasteiger partial charge in [-0.1, -0.05) is 67.4 Å². The van der Waals surface area contributed by atoms with Crippen LogP contribution in [0.1, 0.15) is 19.4 Å². The summed E-state index contributed by atoms with van der Waals surface area (Å²) in [6.45, 7) is 3.70. The molecule has 0 bridgehead atoms. The van der Waals surface area contributed by atoms with E-state index in [4.69, 9.17) is 23.2 Å². The van der Waals surface area contributed by atoms with Crippen molar-refractivity contribution in [2.45, 2.75) is 26.4 Å². The number of carbonyl (C=O) groups is 2. The van der Waals surface area contributed by atoms with Gasteiger partial charge in [-0.3, -0.25) is 0 Å². The number of carbonyl (C=O) groups excluding carboxylic acids is 1. The predicted octanol–water partition coefficient (Wildman–Crippen LogP) is 5.14. The first kappa shape index (κ1) is 20.1. The number of rotatable bonds is 6. The topological polar surface area (TPSA) is 69.6 Å². The standard InChI is InChI=1S/C19H20Cl2N2O3/c1-12(2)17(18(24)25)23(11-13-6-4-3-5-7-13)19(26)22-14-8-9-15(20)16(21)10-14/h3-10,12,17H,11H2,1-2H3,(H,22,26)(H,24,25)/t17-/m0/s1. The molecule has 0 fully saturated rings. The number of nitrogens with one attached hydrogen (secondary N) is 1. The Balaban J connectivity index is 2.30. The molecule has 0 radical (unpaired) electrons. The molecule has 7 heteroatoms. The number of halogens is 2. The van der Waals surface area contributed by atoms with Crippen LogP contribution in [0.4, 0.5) is 10.5 Å². The molecule has 0 aliphatic rings. The Labute approximate surface area is 162 Å². The number of amides is 2. The maximum absolute atomic E-state index is 12.8. The average molecular weight is 395 g/mol. The van der Waals surface area contributed by atoms with Crippen molar-refractivity contribution in [1.82, 2.24) is 4.90 Å². The van der Waals surface area contributed by atoms with Gasteiger partial charge in [0.1, 0.15) is 6.04 Å². The van der Waals surface area contributed by atoms with Crippen LogP contribution in [0.15, 0.2) is 48.5 Å². The molecule has 0 spiro atoms. The molecule has 0 aromatic heterocycles. The van der Waals surface area contributed by atoms with Gasteiger partial charge >= 0.3 is 12.0 Å². The molecule has 2 aromatic carbocycles. The molecule has 0 saturated heterocycles. The second-order valence-electron chi connectivity index (χ2n) is 6.20. The van der Waals surface area contributed by atoms with E-state index < -0.39 is 18.0 Å². The van der Waals surface area contributed by atoms with Crippen LogP contribution >= 0.6 is 23.2 Å². The number of anilines is 1. The summed E-state index contributed by atoms with van der Waals surface area (Å²) in [5.74, 6) is -1.32. The number of nitrogens with zero attached hydrogens (tertiary/aromatic N) is 1. The molecule has 2 aromatic rings. The van der Waals surface area contributed by atoms with Gasteiger partial charge in [0.05, 0.1) is 10.0 Å². The third-order valence-corrected chi connectivity index (χ3v) is 4.59. The van der Waals surface area contributed by atoms with E-state index in [0.29, 0.717) is 15.7 Å². The van der Waals surface area contributed by atoms with Crippen molar-refractivity contribution in [3.05, 3.63) is 64.1 Å². The number of urea groups is 1. The minimum atomic E-state index is -1.06. The van der Waals surface area contributed by atoms with Gasteiger partial charge in [0.25, 0.3) is 0 Å². The van der Waals surface area contributed by atoms with Gasteiger partial charge < -0.3 is 15.3 Å². The van der Waals surface area contributed by atoms with Gasteiger partial charge in [-0.05, 0) is 29.7 Å². The molecule has 2 N–H and O–H groups in total. The summed E-state index contributed by atoms with van der Waals surface area (Å²) < 4.78 is 0. The predicted molar refractivity (Wildman–Crippen MR) is 104 cm³/mol. The molecule has 26 heavy (non-hydrogen) atoms. The highest BCUT2D eigenvalue weighted by molar-refractivity contribution is 6.42. The van der Waals surface area contributed by atoms with Crippen molar-refractivity contribution >= 4 is 40.9 Å². The molecule has 0 heterocycles. The maximum Gasteiger partial charge on any atom is 0.326 e. The van der Waals surface area contributed by atoms with Gasteiger partial charge in [-0.2, -0.15) is 0 Å². The monoisotopic (exact) mass is 394 g/mol. The highest BCUT2D eigenvalue weighted by Gasteiger charge is 2.32. The van der Waals surface area contributed by atoms with E-state index in [9.17, 15) is 14.7 Å². The normalized spacial score (nSPS) is 11.9. The lowest BCUT2D eigenvalue weighted by atomic mass is 10.0. The fourth-order valence-electron chi connectivity index (χ4n) is 2.62. The Morgan fingerprint density at radius 1 is 1.08 bits per heavy atom. The lowest BCUT2D eigenvalue weighted by molar-refractivity contribution is -0.143. The zero-order chi connectivity index (χ0) is 19.3. The van der Waals surface area contributed by atoms with Gasteiger partial charge in [0, 0.05) is 12.2 Å². The highest BCUT2D eigenvalue weighted by atomic mass is 35.5.